The molecule has 0 atom stereocenters. The molecule has 0 radical (unpaired) electrons. The van der Waals surface area contributed by atoms with E-state index in [4.69, 9.17) is 5.11 Å². The molecule has 0 aliphatic heterocycles. The van der Waals surface area contributed by atoms with Crippen molar-refractivity contribution in [2.24, 2.45) is 0 Å². The summed E-state index contributed by atoms with van der Waals surface area (Å²) < 4.78 is 5.86. The van der Waals surface area contributed by atoms with Gasteiger partial charge in [0.15, 0.2) is 0 Å². The van der Waals surface area contributed by atoms with Crippen LogP contribution >= 0.6 is 0 Å². The van der Waals surface area contributed by atoms with Crippen LogP contribution in [0.3, 0.4) is 0 Å². The van der Waals surface area contributed by atoms with E-state index in [0.29, 0.717) is 5.75 Å². The Morgan fingerprint density at radius 1 is 0.333 bits per heavy atom. The van der Waals surface area contributed by atoms with Crippen LogP contribution in [0.4, 0.5) is 0 Å². The zero-order chi connectivity index (χ0) is 22.1. The molecule has 3 heteroatoms. The first-order valence-corrected chi connectivity index (χ1v) is 13.9. The fourth-order valence-corrected chi connectivity index (χ4v) is 11.6. The predicted molar refractivity (Wildman–Crippen MR) is 132 cm³/mol. The van der Waals surface area contributed by atoms with E-state index in [1.807, 2.05) is 6.07 Å². The van der Waals surface area contributed by atoms with Crippen LogP contribution in [0.25, 0.3) is 0 Å². The van der Waals surface area contributed by atoms with Crippen molar-refractivity contribution in [1.82, 2.24) is 0 Å². The second-order valence-electron chi connectivity index (χ2n) is 7.55. The van der Waals surface area contributed by atoms with E-state index in [-0.39, 0.29) is 21.7 Å². The summed E-state index contributed by atoms with van der Waals surface area (Å²) in [6.07, 6.45) is 0. The molecule has 1 nitrogen and oxygen atoms in total. The first-order valence-electron chi connectivity index (χ1n) is 10.8. The van der Waals surface area contributed by atoms with Crippen molar-refractivity contribution in [3.8, 4) is 5.75 Å². The third-order valence-corrected chi connectivity index (χ3v) is 13.1. The first kappa shape index (κ1) is 25.0. The summed E-state index contributed by atoms with van der Waals surface area (Å²) >= 11 is -2.99. The molecule has 5 rings (SSSR count). The van der Waals surface area contributed by atoms with E-state index in [9.17, 15) is 0 Å². The van der Waals surface area contributed by atoms with Gasteiger partial charge in [0.2, 0.25) is 0 Å². The van der Waals surface area contributed by atoms with Crippen molar-refractivity contribution in [3.63, 3.8) is 0 Å². The predicted octanol–water partition coefficient (Wildman–Crippen LogP) is 4.83. The van der Waals surface area contributed by atoms with E-state index >= 15 is 0 Å². The number of hydrogen-bond acceptors (Lipinski definition) is 1. The van der Waals surface area contributed by atoms with Crippen molar-refractivity contribution in [2.45, 2.75) is 0 Å². The molecule has 33 heavy (non-hydrogen) atoms. The van der Waals surface area contributed by atoms with Gasteiger partial charge in [-0.2, -0.15) is 0 Å². The van der Waals surface area contributed by atoms with Crippen LogP contribution < -0.4 is 15.5 Å². The molecule has 0 saturated carbocycles. The van der Waals surface area contributed by atoms with Crippen molar-refractivity contribution in [2.75, 3.05) is 0 Å². The molecule has 0 unspecified atom stereocenters. The Labute approximate surface area is 215 Å². The third-order valence-electron chi connectivity index (χ3n) is 5.58. The zero-order valence-corrected chi connectivity index (χ0v) is 21.5. The molecule has 0 bridgehead atoms. The summed E-state index contributed by atoms with van der Waals surface area (Å²) in [5, 5.41) is 8.63. The zero-order valence-electron chi connectivity index (χ0n) is 18.4. The monoisotopic (exact) mass is 498 g/mol. The number of para-hydroxylation sites is 1. The number of aromatic hydroxyl groups is 1. The van der Waals surface area contributed by atoms with Crippen molar-refractivity contribution in [3.05, 3.63) is 152 Å². The van der Waals surface area contributed by atoms with E-state index in [2.05, 4.69) is 121 Å². The summed E-state index contributed by atoms with van der Waals surface area (Å²) in [5.41, 5.74) is 0. The third kappa shape index (κ3) is 5.82. The Balaban J connectivity index is 0.000000330. The van der Waals surface area contributed by atoms with Crippen LogP contribution in [-0.4, -0.2) is 5.11 Å². The fourth-order valence-electron chi connectivity index (χ4n) is 4.18. The van der Waals surface area contributed by atoms with E-state index in [0.717, 1.165) is 0 Å². The molecule has 0 fully saturated rings. The fraction of sp³-hybridized carbons (Fsp3) is 0. The maximum absolute atomic E-state index is 8.63. The second kappa shape index (κ2) is 12.5. The Hall–Kier alpha value is -2.67. The molecule has 0 aliphatic rings. The molecule has 0 saturated heterocycles. The molecule has 5 aromatic carbocycles. The number of rotatable bonds is 4. The number of phenols is 1. The van der Waals surface area contributed by atoms with Crippen LogP contribution in [0, 0.1) is 0 Å². The van der Waals surface area contributed by atoms with Crippen molar-refractivity contribution < 1.29 is 43.4 Å². The Kier molecular flexibility index (Phi) is 9.48. The quantitative estimate of drug-likeness (QED) is 0.352. The van der Waals surface area contributed by atoms with Crippen molar-refractivity contribution >= 4 is 15.5 Å². The molecular weight excluding hydrogens is 472 g/mol. The topological polar surface area (TPSA) is 20.2 Å². The molecule has 0 spiro atoms. The van der Waals surface area contributed by atoms with Gasteiger partial charge in [-0.3, -0.25) is 0 Å². The SMILES string of the molecule is Oc1ccccc1.[Ti].c1cc[c]([Ti]([c]2ccccc2)([c]2ccccc2)[c]2ccccc2)cc1. The molecule has 1 N–H and O–H groups in total. The van der Waals surface area contributed by atoms with Crippen molar-refractivity contribution in [1.29, 1.82) is 0 Å². The van der Waals surface area contributed by atoms with E-state index < -0.39 is 16.6 Å². The molecular formula is C30H26OTi2. The molecule has 0 heterocycles. The minimum atomic E-state index is -2.99. The molecule has 160 valence electrons. The van der Waals surface area contributed by atoms with Gasteiger partial charge < -0.3 is 5.11 Å². The minimum absolute atomic E-state index is 0. The van der Waals surface area contributed by atoms with E-state index in [1.54, 1.807) is 24.3 Å². The van der Waals surface area contributed by atoms with Gasteiger partial charge in [-0.05, 0) is 12.1 Å². The van der Waals surface area contributed by atoms with Crippen LogP contribution in [0.1, 0.15) is 0 Å². The van der Waals surface area contributed by atoms with Gasteiger partial charge in [-0.15, -0.1) is 0 Å². The normalized spacial score (nSPS) is 10.3. The van der Waals surface area contributed by atoms with Gasteiger partial charge in [0, 0.05) is 21.7 Å². The van der Waals surface area contributed by atoms with Crippen LogP contribution in [0.2, 0.25) is 0 Å². The molecule has 0 aromatic heterocycles. The summed E-state index contributed by atoms with van der Waals surface area (Å²) in [5.74, 6) is 0.322. The maximum atomic E-state index is 8.63. The average molecular weight is 498 g/mol. The standard InChI is InChI=1S/C6H6O.4C6H5.2Ti/c7-6-4-2-1-3-5-6;4*1-2-4-6-5-3-1;;/h1-5,7H;4*1-5H;;. The average Bonchev–Trinajstić information content (AvgIpc) is 2.88. The first-order chi connectivity index (χ1) is 15.8. The van der Waals surface area contributed by atoms with Gasteiger partial charge in [-0.1, -0.05) is 18.2 Å². The van der Waals surface area contributed by atoms with Crippen LogP contribution in [0.5, 0.6) is 5.75 Å². The van der Waals surface area contributed by atoms with Crippen LogP contribution in [0.15, 0.2) is 152 Å². The number of benzene rings is 5. The van der Waals surface area contributed by atoms with Gasteiger partial charge in [0.05, 0.1) is 0 Å². The number of phenolic OH excluding ortho intramolecular Hbond substituents is 1. The van der Waals surface area contributed by atoms with Gasteiger partial charge in [0.25, 0.3) is 0 Å². The Bertz CT molecular complexity index is 1030. The van der Waals surface area contributed by atoms with Gasteiger partial charge >= 0.3 is 153 Å². The molecule has 0 amide bonds. The van der Waals surface area contributed by atoms with Gasteiger partial charge in [-0.25, -0.2) is 0 Å². The summed E-state index contributed by atoms with van der Waals surface area (Å²) in [7, 11) is 0. The summed E-state index contributed by atoms with van der Waals surface area (Å²) in [6, 6.07) is 53.0. The second-order valence-corrected chi connectivity index (χ2v) is 13.5. The van der Waals surface area contributed by atoms with Crippen LogP contribution in [-0.2, 0) is 38.3 Å². The summed E-state index contributed by atoms with van der Waals surface area (Å²) in [4.78, 5) is 0. The Morgan fingerprint density at radius 2 is 0.545 bits per heavy atom. The summed E-state index contributed by atoms with van der Waals surface area (Å²) in [6.45, 7) is 0. The molecule has 5 aromatic rings. The molecule has 0 aliphatic carbocycles. The number of hydrogen-bond donors (Lipinski definition) is 1. The Morgan fingerprint density at radius 3 is 0.727 bits per heavy atom. The van der Waals surface area contributed by atoms with E-state index in [1.165, 1.54) is 15.5 Å². The van der Waals surface area contributed by atoms with Gasteiger partial charge in [0.1, 0.15) is 5.75 Å².